The van der Waals surface area contributed by atoms with Gasteiger partial charge in [-0.25, -0.2) is 12.8 Å². The first-order valence-electron chi connectivity index (χ1n) is 9.93. The predicted molar refractivity (Wildman–Crippen MR) is 105 cm³/mol. The van der Waals surface area contributed by atoms with Crippen LogP contribution in [0.1, 0.15) is 68.0 Å². The minimum atomic E-state index is -3.63. The second-order valence-corrected chi connectivity index (χ2v) is 9.59. The van der Waals surface area contributed by atoms with Gasteiger partial charge in [0.05, 0.1) is 10.9 Å². The average Bonchev–Trinajstić information content (AvgIpc) is 3.20. The minimum Gasteiger partial charge on any atom is -0.207 e. The summed E-state index contributed by atoms with van der Waals surface area (Å²) < 4.78 is 42.2. The van der Waals surface area contributed by atoms with E-state index in [2.05, 4.69) is 0 Å². The van der Waals surface area contributed by atoms with Crippen LogP contribution in [0.25, 0.3) is 0 Å². The lowest BCUT2D eigenvalue weighted by Crippen LogP contribution is -2.31. The maximum atomic E-state index is 14.2. The zero-order valence-corrected chi connectivity index (χ0v) is 16.3. The third kappa shape index (κ3) is 3.67. The summed E-state index contributed by atoms with van der Waals surface area (Å²) in [5, 5.41) is 0. The van der Waals surface area contributed by atoms with E-state index in [1.165, 1.54) is 48.0 Å². The largest absolute Gasteiger partial charge is 0.243 e. The second kappa shape index (κ2) is 7.72. The SMILES string of the molecule is O=S(=O)(c1ccc(C2CCCCC2)cc1)N1CCC[C@@H]1c1ccccc1F. The number of nitrogens with zero attached hydrogens (tertiary/aromatic N) is 1. The van der Waals surface area contributed by atoms with Crippen molar-refractivity contribution in [1.82, 2.24) is 4.31 Å². The molecule has 2 aromatic carbocycles. The van der Waals surface area contributed by atoms with Gasteiger partial charge in [0.25, 0.3) is 0 Å². The molecule has 0 spiro atoms. The van der Waals surface area contributed by atoms with Crippen molar-refractivity contribution in [2.75, 3.05) is 6.54 Å². The van der Waals surface area contributed by atoms with E-state index in [-0.39, 0.29) is 5.82 Å². The Morgan fingerprint density at radius 3 is 2.26 bits per heavy atom. The van der Waals surface area contributed by atoms with Gasteiger partial charge in [0, 0.05) is 12.1 Å². The maximum absolute atomic E-state index is 14.2. The number of halogens is 1. The van der Waals surface area contributed by atoms with E-state index in [1.54, 1.807) is 30.3 Å². The highest BCUT2D eigenvalue weighted by molar-refractivity contribution is 7.89. The summed E-state index contributed by atoms with van der Waals surface area (Å²) in [4.78, 5) is 0.310. The van der Waals surface area contributed by atoms with Crippen LogP contribution in [0.5, 0.6) is 0 Å². The zero-order valence-electron chi connectivity index (χ0n) is 15.5. The highest BCUT2D eigenvalue weighted by atomic mass is 32.2. The van der Waals surface area contributed by atoms with Crippen LogP contribution in [0.3, 0.4) is 0 Å². The van der Waals surface area contributed by atoms with Crippen molar-refractivity contribution in [3.63, 3.8) is 0 Å². The molecule has 1 atom stereocenters. The monoisotopic (exact) mass is 387 g/mol. The summed E-state index contributed by atoms with van der Waals surface area (Å²) in [5.41, 5.74) is 1.71. The van der Waals surface area contributed by atoms with E-state index in [4.69, 9.17) is 0 Å². The molecule has 1 saturated heterocycles. The third-order valence-corrected chi connectivity index (χ3v) is 7.95. The molecule has 1 heterocycles. The summed E-state index contributed by atoms with van der Waals surface area (Å²) in [7, 11) is -3.63. The average molecular weight is 388 g/mol. The van der Waals surface area contributed by atoms with E-state index in [9.17, 15) is 12.8 Å². The molecule has 1 saturated carbocycles. The molecule has 1 aliphatic heterocycles. The van der Waals surface area contributed by atoms with Crippen molar-refractivity contribution < 1.29 is 12.8 Å². The van der Waals surface area contributed by atoms with Crippen LogP contribution in [0, 0.1) is 5.82 Å². The Hall–Kier alpha value is -1.72. The number of rotatable bonds is 4. The van der Waals surface area contributed by atoms with Gasteiger partial charge in [-0.15, -0.1) is 0 Å². The summed E-state index contributed by atoms with van der Waals surface area (Å²) in [5.74, 6) is 0.214. The van der Waals surface area contributed by atoms with Crippen LogP contribution in [0.2, 0.25) is 0 Å². The van der Waals surface area contributed by atoms with E-state index >= 15 is 0 Å². The summed E-state index contributed by atoms with van der Waals surface area (Å²) in [6.07, 6.45) is 7.58. The standard InChI is InChI=1S/C22H26FNO2S/c23-21-10-5-4-9-20(21)22-11-6-16-24(22)27(25,26)19-14-12-18(13-15-19)17-7-2-1-3-8-17/h4-5,9-10,12-15,17,22H,1-3,6-8,11,16H2/t22-/m1/s1. The molecule has 0 aromatic heterocycles. The molecular weight excluding hydrogens is 361 g/mol. The Bertz CT molecular complexity index is 889. The Morgan fingerprint density at radius 2 is 1.56 bits per heavy atom. The van der Waals surface area contributed by atoms with E-state index in [0.29, 0.717) is 29.3 Å². The van der Waals surface area contributed by atoms with Crippen molar-refractivity contribution in [1.29, 1.82) is 0 Å². The smallest absolute Gasteiger partial charge is 0.207 e. The molecule has 144 valence electrons. The molecule has 4 rings (SSSR count). The number of hydrogen-bond donors (Lipinski definition) is 0. The van der Waals surface area contributed by atoms with Crippen LogP contribution in [-0.4, -0.2) is 19.3 Å². The molecule has 2 aromatic rings. The summed E-state index contributed by atoms with van der Waals surface area (Å²) in [6.45, 7) is 0.436. The van der Waals surface area contributed by atoms with Crippen molar-refractivity contribution in [2.45, 2.75) is 61.8 Å². The van der Waals surface area contributed by atoms with E-state index in [0.717, 1.165) is 6.42 Å². The Labute approximate surface area is 161 Å². The Morgan fingerprint density at radius 1 is 0.852 bits per heavy atom. The van der Waals surface area contributed by atoms with Gasteiger partial charge in [-0.1, -0.05) is 49.6 Å². The fourth-order valence-electron chi connectivity index (χ4n) is 4.57. The number of benzene rings is 2. The Kier molecular flexibility index (Phi) is 5.33. The molecule has 0 radical (unpaired) electrons. The first-order chi connectivity index (χ1) is 13.1. The molecule has 0 unspecified atom stereocenters. The lowest BCUT2D eigenvalue weighted by Gasteiger charge is -2.25. The topological polar surface area (TPSA) is 37.4 Å². The predicted octanol–water partition coefficient (Wildman–Crippen LogP) is 5.40. The Balaban J connectivity index is 1.59. The molecule has 5 heteroatoms. The van der Waals surface area contributed by atoms with Crippen LogP contribution in [0.15, 0.2) is 53.4 Å². The summed E-state index contributed by atoms with van der Waals surface area (Å²) >= 11 is 0. The van der Waals surface area contributed by atoms with Gasteiger partial charge in [0.1, 0.15) is 5.82 Å². The quantitative estimate of drug-likeness (QED) is 0.704. The zero-order chi connectivity index (χ0) is 18.9. The number of hydrogen-bond acceptors (Lipinski definition) is 2. The molecule has 1 aliphatic carbocycles. The maximum Gasteiger partial charge on any atom is 0.243 e. The first-order valence-corrected chi connectivity index (χ1v) is 11.4. The van der Waals surface area contributed by atoms with Crippen LogP contribution >= 0.6 is 0 Å². The second-order valence-electron chi connectivity index (χ2n) is 7.70. The van der Waals surface area contributed by atoms with Gasteiger partial charge < -0.3 is 0 Å². The van der Waals surface area contributed by atoms with Gasteiger partial charge in [0.15, 0.2) is 0 Å². The van der Waals surface area contributed by atoms with E-state index < -0.39 is 16.1 Å². The van der Waals surface area contributed by atoms with Crippen molar-refractivity contribution in [3.8, 4) is 0 Å². The van der Waals surface area contributed by atoms with Gasteiger partial charge in [-0.05, 0) is 55.4 Å². The first kappa shape index (κ1) is 18.6. The fraction of sp³-hybridized carbons (Fsp3) is 0.455. The van der Waals surface area contributed by atoms with Crippen molar-refractivity contribution in [3.05, 3.63) is 65.5 Å². The van der Waals surface area contributed by atoms with Crippen LogP contribution in [0.4, 0.5) is 4.39 Å². The lowest BCUT2D eigenvalue weighted by molar-refractivity contribution is 0.386. The van der Waals surface area contributed by atoms with Gasteiger partial charge >= 0.3 is 0 Å². The normalized spacial score (nSPS) is 22.2. The molecule has 2 fully saturated rings. The molecule has 2 aliphatic rings. The van der Waals surface area contributed by atoms with Crippen molar-refractivity contribution in [2.24, 2.45) is 0 Å². The molecule has 0 N–H and O–H groups in total. The van der Waals surface area contributed by atoms with Gasteiger partial charge in [0.2, 0.25) is 10.0 Å². The minimum absolute atomic E-state index is 0.310. The third-order valence-electron chi connectivity index (χ3n) is 6.03. The van der Waals surface area contributed by atoms with E-state index in [1.807, 2.05) is 12.1 Å². The fourth-order valence-corrected chi connectivity index (χ4v) is 6.24. The van der Waals surface area contributed by atoms with Crippen LogP contribution < -0.4 is 0 Å². The molecular formula is C22H26FNO2S. The van der Waals surface area contributed by atoms with Gasteiger partial charge in [-0.3, -0.25) is 0 Å². The van der Waals surface area contributed by atoms with Gasteiger partial charge in [-0.2, -0.15) is 4.31 Å². The van der Waals surface area contributed by atoms with Crippen molar-refractivity contribution >= 4 is 10.0 Å². The highest BCUT2D eigenvalue weighted by Gasteiger charge is 2.37. The lowest BCUT2D eigenvalue weighted by atomic mass is 9.84. The summed E-state index contributed by atoms with van der Waals surface area (Å²) in [6, 6.07) is 13.5. The molecule has 0 amide bonds. The van der Waals surface area contributed by atoms with Crippen LogP contribution in [-0.2, 0) is 10.0 Å². The highest BCUT2D eigenvalue weighted by Crippen LogP contribution is 2.38. The molecule has 27 heavy (non-hydrogen) atoms. The molecule has 0 bridgehead atoms. The molecule has 3 nitrogen and oxygen atoms in total. The number of sulfonamides is 1.